The molecule has 120 valence electrons. The van der Waals surface area contributed by atoms with Gasteiger partial charge in [-0.25, -0.2) is 30.4 Å². The molecule has 1 aromatic carbocycles. The van der Waals surface area contributed by atoms with Gasteiger partial charge in [-0.2, -0.15) is 0 Å². The number of hydrogen-bond donors (Lipinski definition) is 2. The maximum absolute atomic E-state index is 11.7. The SMILES string of the molecule is Cc1ccc(NS(=O)(=O)CCS(C)(=O)=O)cc1S(N)(=O)=O. The largest absolute Gasteiger partial charge is 0.283 e. The average molecular weight is 356 g/mol. The van der Waals surface area contributed by atoms with Gasteiger partial charge in [0.2, 0.25) is 20.0 Å². The molecular formula is C10H16N2O6S3. The molecule has 1 rings (SSSR count). The molecule has 0 saturated carbocycles. The second kappa shape index (κ2) is 5.91. The fraction of sp³-hybridized carbons (Fsp3) is 0.400. The van der Waals surface area contributed by atoms with Crippen LogP contribution in [-0.4, -0.2) is 43.0 Å². The van der Waals surface area contributed by atoms with Crippen molar-refractivity contribution in [2.45, 2.75) is 11.8 Å². The van der Waals surface area contributed by atoms with E-state index in [1.165, 1.54) is 19.1 Å². The van der Waals surface area contributed by atoms with Crippen LogP contribution >= 0.6 is 0 Å². The van der Waals surface area contributed by atoms with Crippen LogP contribution in [0.5, 0.6) is 0 Å². The summed E-state index contributed by atoms with van der Waals surface area (Å²) < 4.78 is 70.2. The first-order valence-corrected chi connectivity index (χ1v) is 10.9. The van der Waals surface area contributed by atoms with Crippen LogP contribution in [0, 0.1) is 6.92 Å². The molecule has 0 spiro atoms. The van der Waals surface area contributed by atoms with E-state index in [1.54, 1.807) is 0 Å². The first kappa shape index (κ1) is 17.9. The van der Waals surface area contributed by atoms with Crippen LogP contribution in [0.4, 0.5) is 5.69 Å². The normalized spacial score (nSPS) is 13.1. The van der Waals surface area contributed by atoms with Gasteiger partial charge in [0, 0.05) is 11.9 Å². The van der Waals surface area contributed by atoms with E-state index in [2.05, 4.69) is 4.72 Å². The second-order valence-electron chi connectivity index (χ2n) is 4.58. The Hall–Kier alpha value is -1.17. The third kappa shape index (κ3) is 5.99. The summed E-state index contributed by atoms with van der Waals surface area (Å²) in [6.45, 7) is 1.52. The summed E-state index contributed by atoms with van der Waals surface area (Å²) >= 11 is 0. The smallest absolute Gasteiger partial charge is 0.238 e. The van der Waals surface area contributed by atoms with Gasteiger partial charge in [0.25, 0.3) is 0 Å². The van der Waals surface area contributed by atoms with Gasteiger partial charge in [-0.1, -0.05) is 6.07 Å². The van der Waals surface area contributed by atoms with Crippen molar-refractivity contribution in [3.63, 3.8) is 0 Å². The lowest BCUT2D eigenvalue weighted by molar-refractivity contribution is 0.593. The summed E-state index contributed by atoms with van der Waals surface area (Å²) in [5.74, 6) is -1.15. The Labute approximate surface area is 124 Å². The highest BCUT2D eigenvalue weighted by molar-refractivity contribution is 7.95. The fourth-order valence-electron chi connectivity index (χ4n) is 1.46. The van der Waals surface area contributed by atoms with Crippen molar-refractivity contribution in [2.75, 3.05) is 22.5 Å². The summed E-state index contributed by atoms with van der Waals surface area (Å²) in [5, 5.41) is 5.02. The Bertz CT molecular complexity index is 841. The van der Waals surface area contributed by atoms with Crippen LogP contribution < -0.4 is 9.86 Å². The van der Waals surface area contributed by atoms with Gasteiger partial charge >= 0.3 is 0 Å². The maximum atomic E-state index is 11.7. The molecule has 8 nitrogen and oxygen atoms in total. The minimum absolute atomic E-state index is 0.00174. The highest BCUT2D eigenvalue weighted by Crippen LogP contribution is 2.19. The van der Waals surface area contributed by atoms with E-state index in [0.29, 0.717) is 5.56 Å². The number of rotatable bonds is 6. The van der Waals surface area contributed by atoms with Crippen LogP contribution in [0.25, 0.3) is 0 Å². The predicted molar refractivity (Wildman–Crippen MR) is 79.7 cm³/mol. The summed E-state index contributed by atoms with van der Waals surface area (Å²) in [7, 11) is -11.3. The number of hydrogen-bond acceptors (Lipinski definition) is 6. The van der Waals surface area contributed by atoms with Crippen molar-refractivity contribution < 1.29 is 25.3 Å². The van der Waals surface area contributed by atoms with E-state index in [-0.39, 0.29) is 10.6 Å². The van der Waals surface area contributed by atoms with E-state index in [1.807, 2.05) is 0 Å². The standard InChI is InChI=1S/C10H16N2O6S3/c1-8-3-4-9(7-10(8)21(11,17)18)12-20(15,16)6-5-19(2,13)14/h3-4,7,12H,5-6H2,1-2H3,(H2,11,17,18). The minimum Gasteiger partial charge on any atom is -0.283 e. The van der Waals surface area contributed by atoms with E-state index < -0.39 is 41.4 Å². The van der Waals surface area contributed by atoms with Gasteiger partial charge < -0.3 is 0 Å². The maximum Gasteiger partial charge on any atom is 0.238 e. The minimum atomic E-state index is -3.98. The zero-order valence-corrected chi connectivity index (χ0v) is 13.8. The van der Waals surface area contributed by atoms with Gasteiger partial charge in [0.1, 0.15) is 9.84 Å². The van der Waals surface area contributed by atoms with E-state index in [4.69, 9.17) is 5.14 Å². The molecule has 0 bridgehead atoms. The van der Waals surface area contributed by atoms with Crippen molar-refractivity contribution in [3.05, 3.63) is 23.8 Å². The Kier molecular flexibility index (Phi) is 5.03. The average Bonchev–Trinajstić information content (AvgIpc) is 2.27. The molecule has 21 heavy (non-hydrogen) atoms. The monoisotopic (exact) mass is 356 g/mol. The van der Waals surface area contributed by atoms with Crippen molar-refractivity contribution >= 4 is 35.6 Å². The lowest BCUT2D eigenvalue weighted by Gasteiger charge is -2.10. The quantitative estimate of drug-likeness (QED) is 0.699. The number of sulfonamides is 2. The summed E-state index contributed by atoms with van der Waals surface area (Å²) in [5.41, 5.74) is 0.370. The molecule has 1 aromatic rings. The highest BCUT2D eigenvalue weighted by Gasteiger charge is 2.17. The number of anilines is 1. The van der Waals surface area contributed by atoms with Crippen molar-refractivity contribution in [2.24, 2.45) is 5.14 Å². The molecule has 0 aliphatic heterocycles. The van der Waals surface area contributed by atoms with Crippen LogP contribution in [0.3, 0.4) is 0 Å². The van der Waals surface area contributed by atoms with E-state index in [9.17, 15) is 25.3 Å². The molecule has 0 unspecified atom stereocenters. The molecule has 0 radical (unpaired) electrons. The van der Waals surface area contributed by atoms with Gasteiger partial charge in [0.05, 0.1) is 16.4 Å². The first-order chi connectivity index (χ1) is 9.30. The summed E-state index contributed by atoms with van der Waals surface area (Å²) in [6.07, 6.45) is 0.924. The predicted octanol–water partition coefficient (Wildman–Crippen LogP) is -0.571. The Morgan fingerprint density at radius 1 is 1.05 bits per heavy atom. The third-order valence-electron chi connectivity index (χ3n) is 2.49. The fourth-order valence-corrected chi connectivity index (χ4v) is 4.95. The number of benzene rings is 1. The van der Waals surface area contributed by atoms with Crippen LogP contribution in [-0.2, 0) is 29.9 Å². The van der Waals surface area contributed by atoms with Crippen LogP contribution in [0.1, 0.15) is 5.56 Å². The van der Waals surface area contributed by atoms with Gasteiger partial charge in [-0.3, -0.25) is 4.72 Å². The van der Waals surface area contributed by atoms with Crippen LogP contribution in [0.15, 0.2) is 23.1 Å². The second-order valence-corrected chi connectivity index (χ2v) is 10.2. The molecular weight excluding hydrogens is 340 g/mol. The first-order valence-electron chi connectivity index (χ1n) is 5.62. The number of nitrogens with one attached hydrogen (secondary N) is 1. The molecule has 0 atom stereocenters. The van der Waals surface area contributed by atoms with Crippen molar-refractivity contribution in [1.29, 1.82) is 0 Å². The van der Waals surface area contributed by atoms with Crippen molar-refractivity contribution in [3.8, 4) is 0 Å². The molecule has 0 aromatic heterocycles. The summed E-state index contributed by atoms with van der Waals surface area (Å²) in [4.78, 5) is -0.203. The zero-order chi connectivity index (χ0) is 16.5. The number of aryl methyl sites for hydroxylation is 1. The Morgan fingerprint density at radius 2 is 1.62 bits per heavy atom. The van der Waals surface area contributed by atoms with Crippen molar-refractivity contribution in [1.82, 2.24) is 0 Å². The topological polar surface area (TPSA) is 140 Å². The molecule has 0 amide bonds. The van der Waals surface area contributed by atoms with E-state index in [0.717, 1.165) is 12.3 Å². The number of primary sulfonamides is 1. The zero-order valence-electron chi connectivity index (χ0n) is 11.4. The highest BCUT2D eigenvalue weighted by atomic mass is 32.2. The van der Waals surface area contributed by atoms with Gasteiger partial charge in [-0.15, -0.1) is 0 Å². The molecule has 0 heterocycles. The molecule has 0 aliphatic carbocycles. The lowest BCUT2D eigenvalue weighted by atomic mass is 10.2. The Balaban J connectivity index is 3.04. The molecule has 0 aliphatic rings. The number of sulfone groups is 1. The number of nitrogens with two attached hydrogens (primary N) is 1. The lowest BCUT2D eigenvalue weighted by Crippen LogP contribution is -2.22. The molecule has 0 saturated heterocycles. The Morgan fingerprint density at radius 3 is 2.10 bits per heavy atom. The molecule has 3 N–H and O–H groups in total. The van der Waals surface area contributed by atoms with Gasteiger partial charge in [-0.05, 0) is 24.6 Å². The molecule has 0 fully saturated rings. The molecule has 11 heteroatoms. The van der Waals surface area contributed by atoms with Crippen LogP contribution in [0.2, 0.25) is 0 Å². The van der Waals surface area contributed by atoms with Gasteiger partial charge in [0.15, 0.2) is 0 Å². The summed E-state index contributed by atoms with van der Waals surface area (Å²) in [6, 6.07) is 3.85. The third-order valence-corrected chi connectivity index (χ3v) is 6.04. The van der Waals surface area contributed by atoms with E-state index >= 15 is 0 Å².